The van der Waals surface area contributed by atoms with Crippen molar-refractivity contribution in [2.75, 3.05) is 13.1 Å². The number of nitrogens with zero attached hydrogens (tertiary/aromatic N) is 2. The summed E-state index contributed by atoms with van der Waals surface area (Å²) >= 11 is 1.76. The van der Waals surface area contributed by atoms with E-state index in [1.54, 1.807) is 11.3 Å². The van der Waals surface area contributed by atoms with Crippen LogP contribution in [0.1, 0.15) is 41.3 Å². The fraction of sp³-hybridized carbons (Fsp3) is 0.429. The van der Waals surface area contributed by atoms with Gasteiger partial charge in [0, 0.05) is 30.9 Å². The molecule has 0 bridgehead atoms. The van der Waals surface area contributed by atoms with Crippen molar-refractivity contribution in [1.29, 1.82) is 0 Å². The minimum Gasteiger partial charge on any atom is -0.357 e. The van der Waals surface area contributed by atoms with Gasteiger partial charge in [-0.3, -0.25) is 4.79 Å². The van der Waals surface area contributed by atoms with Gasteiger partial charge in [-0.2, -0.15) is 0 Å². The first-order chi connectivity index (χ1) is 13.2. The summed E-state index contributed by atoms with van der Waals surface area (Å²) in [6.07, 6.45) is 1.66. The van der Waals surface area contributed by atoms with Crippen LogP contribution in [-0.4, -0.2) is 29.9 Å². The molecule has 7 heteroatoms. The van der Waals surface area contributed by atoms with E-state index in [4.69, 9.17) is 4.99 Å². The summed E-state index contributed by atoms with van der Waals surface area (Å²) in [6, 6.07) is 10.5. The Bertz CT molecular complexity index is 805. The summed E-state index contributed by atoms with van der Waals surface area (Å²) in [4.78, 5) is 19.8. The fourth-order valence-corrected chi connectivity index (χ4v) is 4.03. The number of carbonyl (C=O) groups excluding carboxylic acids is 1. The quantitative estimate of drug-likeness (QED) is 0.335. The van der Waals surface area contributed by atoms with E-state index in [1.165, 1.54) is 16.0 Å². The first kappa shape index (κ1) is 22.7. The van der Waals surface area contributed by atoms with Crippen molar-refractivity contribution in [3.63, 3.8) is 0 Å². The normalized spacial score (nSPS) is 14.1. The van der Waals surface area contributed by atoms with E-state index >= 15 is 0 Å². The zero-order valence-electron chi connectivity index (χ0n) is 16.5. The van der Waals surface area contributed by atoms with Gasteiger partial charge in [0.05, 0.1) is 13.1 Å². The maximum atomic E-state index is 11.8. The Balaban J connectivity index is 0.00000280. The third kappa shape index (κ3) is 6.48. The first-order valence-corrected chi connectivity index (χ1v) is 10.4. The molecule has 1 aromatic heterocycles. The van der Waals surface area contributed by atoms with Gasteiger partial charge in [-0.15, -0.1) is 35.3 Å². The maximum Gasteiger partial charge on any atom is 0.222 e. The topological polar surface area (TPSA) is 56.7 Å². The summed E-state index contributed by atoms with van der Waals surface area (Å²) in [5.41, 5.74) is 3.64. The zero-order chi connectivity index (χ0) is 19.1. The molecule has 5 nitrogen and oxygen atoms in total. The fourth-order valence-electron chi connectivity index (χ4n) is 3.18. The summed E-state index contributed by atoms with van der Waals surface area (Å²) in [5, 5.41) is 8.83. The van der Waals surface area contributed by atoms with Gasteiger partial charge in [0.25, 0.3) is 0 Å². The maximum absolute atomic E-state index is 11.8. The van der Waals surface area contributed by atoms with E-state index in [2.05, 4.69) is 60.2 Å². The van der Waals surface area contributed by atoms with Gasteiger partial charge in [-0.1, -0.05) is 24.3 Å². The first-order valence-electron chi connectivity index (χ1n) is 9.56. The van der Waals surface area contributed by atoms with Crippen LogP contribution >= 0.6 is 35.3 Å². The Kier molecular flexibility index (Phi) is 9.24. The molecule has 28 heavy (non-hydrogen) atoms. The van der Waals surface area contributed by atoms with Crippen molar-refractivity contribution in [3.8, 4) is 0 Å². The average molecular weight is 512 g/mol. The second kappa shape index (κ2) is 11.4. The summed E-state index contributed by atoms with van der Waals surface area (Å²) < 4.78 is 0. The van der Waals surface area contributed by atoms with Crippen molar-refractivity contribution in [2.45, 2.75) is 46.3 Å². The lowest BCUT2D eigenvalue weighted by atomic mass is 10.1. The number of nitrogens with one attached hydrogen (secondary N) is 2. The Labute approximate surface area is 188 Å². The van der Waals surface area contributed by atoms with Crippen LogP contribution in [0.3, 0.4) is 0 Å². The number of aryl methyl sites for hydroxylation is 1. The number of aliphatic imine (C=N–C) groups is 1. The lowest BCUT2D eigenvalue weighted by Crippen LogP contribution is -2.36. The van der Waals surface area contributed by atoms with E-state index < -0.39 is 0 Å². The number of rotatable bonds is 7. The highest BCUT2D eigenvalue weighted by atomic mass is 127. The molecule has 2 heterocycles. The standard InChI is InChI=1S/C21H28N4OS.HI/c1-3-22-21(24-14-19-16(2)9-11-27-19)23-13-17-6-4-7-18(12-17)15-25-10-5-8-20(25)26;/h4,6-7,9,11-12H,3,5,8,10,13-15H2,1-2H3,(H2,22,23,24);1H. The minimum absolute atomic E-state index is 0. The van der Waals surface area contributed by atoms with Gasteiger partial charge in [0.15, 0.2) is 5.96 Å². The molecule has 1 amide bonds. The molecule has 0 saturated carbocycles. The molecule has 152 valence electrons. The molecule has 1 fully saturated rings. The van der Waals surface area contributed by atoms with Crippen molar-refractivity contribution < 1.29 is 4.79 Å². The predicted octanol–water partition coefficient (Wildman–Crippen LogP) is 4.05. The molecule has 1 aromatic carbocycles. The Morgan fingerprint density at radius 2 is 2.07 bits per heavy atom. The third-order valence-electron chi connectivity index (χ3n) is 4.68. The average Bonchev–Trinajstić information content (AvgIpc) is 3.26. The third-order valence-corrected chi connectivity index (χ3v) is 5.71. The summed E-state index contributed by atoms with van der Waals surface area (Å²) in [6.45, 7) is 8.00. The van der Waals surface area contributed by atoms with Crippen molar-refractivity contribution in [1.82, 2.24) is 15.5 Å². The molecule has 0 unspecified atom stereocenters. The molecule has 0 radical (unpaired) electrons. The van der Waals surface area contributed by atoms with Crippen LogP contribution in [0, 0.1) is 6.92 Å². The largest absolute Gasteiger partial charge is 0.357 e. The molecule has 0 atom stereocenters. The van der Waals surface area contributed by atoms with Crippen LogP contribution in [0.15, 0.2) is 40.7 Å². The van der Waals surface area contributed by atoms with E-state index in [0.717, 1.165) is 37.6 Å². The minimum atomic E-state index is 0. The van der Waals surface area contributed by atoms with Crippen molar-refractivity contribution in [2.24, 2.45) is 4.99 Å². The number of hydrogen-bond acceptors (Lipinski definition) is 3. The number of halogens is 1. The number of amides is 1. The van der Waals surface area contributed by atoms with Crippen LogP contribution in [-0.2, 0) is 24.4 Å². The number of benzene rings is 1. The van der Waals surface area contributed by atoms with Gasteiger partial charge in [-0.25, -0.2) is 4.99 Å². The number of likely N-dealkylation sites (tertiary alicyclic amines) is 1. The van der Waals surface area contributed by atoms with Crippen molar-refractivity contribution in [3.05, 3.63) is 57.3 Å². The Morgan fingerprint density at radius 3 is 2.75 bits per heavy atom. The molecule has 2 aromatic rings. The molecular weight excluding hydrogens is 483 g/mol. The monoisotopic (exact) mass is 512 g/mol. The number of carbonyl (C=O) groups is 1. The van der Waals surface area contributed by atoms with E-state index in [9.17, 15) is 4.79 Å². The number of thiophene rings is 1. The van der Waals surface area contributed by atoms with Crippen LogP contribution < -0.4 is 10.6 Å². The zero-order valence-corrected chi connectivity index (χ0v) is 19.7. The van der Waals surface area contributed by atoms with Crippen molar-refractivity contribution >= 4 is 47.2 Å². The summed E-state index contributed by atoms with van der Waals surface area (Å²) in [5.74, 6) is 1.09. The van der Waals surface area contributed by atoms with E-state index in [1.807, 2.05) is 4.90 Å². The molecule has 1 aliphatic rings. The molecule has 1 saturated heterocycles. The van der Waals surface area contributed by atoms with Crippen LogP contribution in [0.2, 0.25) is 0 Å². The van der Waals surface area contributed by atoms with Gasteiger partial charge in [0.1, 0.15) is 0 Å². The van der Waals surface area contributed by atoms with Gasteiger partial charge < -0.3 is 15.5 Å². The van der Waals surface area contributed by atoms with Crippen LogP contribution in [0.5, 0.6) is 0 Å². The Morgan fingerprint density at radius 1 is 1.25 bits per heavy atom. The second-order valence-corrected chi connectivity index (χ2v) is 7.81. The van der Waals surface area contributed by atoms with E-state index in [0.29, 0.717) is 19.5 Å². The van der Waals surface area contributed by atoms with Gasteiger partial charge >= 0.3 is 0 Å². The predicted molar refractivity (Wildman–Crippen MR) is 127 cm³/mol. The Hall–Kier alpha value is -1.61. The molecule has 0 aliphatic carbocycles. The number of hydrogen-bond donors (Lipinski definition) is 2. The highest BCUT2D eigenvalue weighted by molar-refractivity contribution is 14.0. The smallest absolute Gasteiger partial charge is 0.222 e. The highest BCUT2D eigenvalue weighted by Crippen LogP contribution is 2.16. The number of guanidine groups is 1. The molecule has 3 rings (SSSR count). The molecule has 2 N–H and O–H groups in total. The lowest BCUT2D eigenvalue weighted by Gasteiger charge is -2.16. The second-order valence-electron chi connectivity index (χ2n) is 6.81. The van der Waals surface area contributed by atoms with E-state index in [-0.39, 0.29) is 29.9 Å². The molecular formula is C21H29IN4OS. The SMILES string of the molecule is CCNC(=NCc1cccc(CN2CCCC2=O)c1)NCc1sccc1C.I. The molecule has 1 aliphatic heterocycles. The van der Waals surface area contributed by atoms with Gasteiger partial charge in [-0.05, 0) is 48.4 Å². The highest BCUT2D eigenvalue weighted by Gasteiger charge is 2.19. The lowest BCUT2D eigenvalue weighted by molar-refractivity contribution is -0.128. The van der Waals surface area contributed by atoms with Crippen LogP contribution in [0.4, 0.5) is 0 Å². The van der Waals surface area contributed by atoms with Crippen LogP contribution in [0.25, 0.3) is 0 Å². The molecule has 0 spiro atoms. The van der Waals surface area contributed by atoms with Gasteiger partial charge in [0.2, 0.25) is 5.91 Å². The summed E-state index contributed by atoms with van der Waals surface area (Å²) in [7, 11) is 0.